The second-order valence-corrected chi connectivity index (χ2v) is 7.31. The Hall–Kier alpha value is -0.520. The van der Waals surface area contributed by atoms with Crippen LogP contribution in [-0.2, 0) is 0 Å². The minimum Gasteiger partial charge on any atom is -0.0779 e. The van der Waals surface area contributed by atoms with Gasteiger partial charge in [0.05, 0.1) is 0 Å². The standard InChI is InChI=1S/C17H22/c1-2-12(1)14-5-6-15(13-3-4-13)17(9-10-17)16(11-14)7-8-16/h11-12H,1-10H2. The molecule has 0 unspecified atom stereocenters. The first kappa shape index (κ1) is 9.42. The van der Waals surface area contributed by atoms with Crippen molar-refractivity contribution in [1.82, 2.24) is 0 Å². The molecule has 0 atom stereocenters. The first-order valence-electron chi connectivity index (χ1n) is 7.76. The highest BCUT2D eigenvalue weighted by Crippen LogP contribution is 2.77. The van der Waals surface area contributed by atoms with Gasteiger partial charge in [-0.1, -0.05) is 22.8 Å². The average molecular weight is 226 g/mol. The van der Waals surface area contributed by atoms with Gasteiger partial charge in [-0.2, -0.15) is 0 Å². The molecular formula is C17H22. The molecule has 0 heteroatoms. The summed E-state index contributed by atoms with van der Waals surface area (Å²) >= 11 is 0. The van der Waals surface area contributed by atoms with Crippen LogP contribution in [0.25, 0.3) is 0 Å². The molecule has 0 N–H and O–H groups in total. The van der Waals surface area contributed by atoms with Gasteiger partial charge in [0, 0.05) is 5.41 Å². The third kappa shape index (κ3) is 1.20. The predicted octanol–water partition coefficient (Wildman–Crippen LogP) is 4.77. The lowest BCUT2D eigenvalue weighted by Crippen LogP contribution is -2.17. The van der Waals surface area contributed by atoms with E-state index in [2.05, 4.69) is 6.08 Å². The van der Waals surface area contributed by atoms with Crippen molar-refractivity contribution in [3.05, 3.63) is 22.8 Å². The van der Waals surface area contributed by atoms with Crippen LogP contribution in [0.3, 0.4) is 0 Å². The lowest BCUT2D eigenvalue weighted by molar-refractivity contribution is 0.405. The molecule has 5 rings (SSSR count). The number of rotatable bonds is 1. The van der Waals surface area contributed by atoms with E-state index < -0.39 is 0 Å². The monoisotopic (exact) mass is 226 g/mol. The van der Waals surface area contributed by atoms with Crippen LogP contribution < -0.4 is 0 Å². The average Bonchev–Trinajstić information content (AvgIpc) is 3.20. The third-order valence-corrected chi connectivity index (χ3v) is 6.22. The van der Waals surface area contributed by atoms with E-state index in [-0.39, 0.29) is 0 Å². The topological polar surface area (TPSA) is 0 Å². The van der Waals surface area contributed by atoms with Gasteiger partial charge in [0.15, 0.2) is 0 Å². The number of allylic oxidation sites excluding steroid dienone is 4. The highest BCUT2D eigenvalue weighted by atomic mass is 14.7. The highest BCUT2D eigenvalue weighted by molar-refractivity contribution is 5.44. The van der Waals surface area contributed by atoms with Gasteiger partial charge in [0.1, 0.15) is 0 Å². The summed E-state index contributed by atoms with van der Waals surface area (Å²) in [5, 5.41) is 0. The van der Waals surface area contributed by atoms with Gasteiger partial charge in [0.25, 0.3) is 0 Å². The summed E-state index contributed by atoms with van der Waals surface area (Å²) in [6.45, 7) is 0. The van der Waals surface area contributed by atoms with Crippen molar-refractivity contribution >= 4 is 0 Å². The zero-order valence-corrected chi connectivity index (χ0v) is 10.7. The lowest BCUT2D eigenvalue weighted by Gasteiger charge is -2.25. The normalized spacial score (nSPS) is 35.9. The minimum atomic E-state index is 0.687. The van der Waals surface area contributed by atoms with Crippen LogP contribution in [-0.4, -0.2) is 0 Å². The Morgan fingerprint density at radius 3 is 2.18 bits per heavy atom. The summed E-state index contributed by atoms with van der Waals surface area (Å²) in [5.74, 6) is 1.02. The molecule has 4 fully saturated rings. The number of hydrogen-bond donors (Lipinski definition) is 0. The Kier molecular flexibility index (Phi) is 1.51. The number of fused-ring (bicyclic) bond motifs is 1. The SMILES string of the molecule is C1=C(C2CC2)CCC(=C2CC2)C2(CC2)C12CC2. The van der Waals surface area contributed by atoms with E-state index in [0.29, 0.717) is 5.41 Å². The molecule has 90 valence electrons. The smallest absolute Gasteiger partial charge is 0.000633 e. The van der Waals surface area contributed by atoms with E-state index in [9.17, 15) is 0 Å². The molecule has 0 radical (unpaired) electrons. The Morgan fingerprint density at radius 2 is 1.65 bits per heavy atom. The van der Waals surface area contributed by atoms with Gasteiger partial charge in [-0.3, -0.25) is 0 Å². The minimum absolute atomic E-state index is 0.687. The van der Waals surface area contributed by atoms with Crippen LogP contribution in [0.1, 0.15) is 64.2 Å². The highest BCUT2D eigenvalue weighted by Gasteiger charge is 2.66. The van der Waals surface area contributed by atoms with Gasteiger partial charge in [-0.15, -0.1) is 0 Å². The van der Waals surface area contributed by atoms with Crippen LogP contribution in [0.2, 0.25) is 0 Å². The maximum Gasteiger partial charge on any atom is 0.000633 e. The summed E-state index contributed by atoms with van der Waals surface area (Å²) in [4.78, 5) is 0. The molecular weight excluding hydrogens is 204 g/mol. The quantitative estimate of drug-likeness (QED) is 0.565. The largest absolute Gasteiger partial charge is 0.0779 e. The maximum absolute atomic E-state index is 2.81. The van der Waals surface area contributed by atoms with Gasteiger partial charge in [0.2, 0.25) is 0 Å². The van der Waals surface area contributed by atoms with Gasteiger partial charge in [-0.25, -0.2) is 0 Å². The van der Waals surface area contributed by atoms with Crippen molar-refractivity contribution in [1.29, 1.82) is 0 Å². The molecule has 5 aliphatic carbocycles. The van der Waals surface area contributed by atoms with E-state index in [0.717, 1.165) is 11.3 Å². The van der Waals surface area contributed by atoms with E-state index in [1.807, 2.05) is 16.7 Å². The fourth-order valence-corrected chi connectivity index (χ4v) is 4.71. The second kappa shape index (κ2) is 2.73. The molecule has 4 saturated carbocycles. The molecule has 17 heavy (non-hydrogen) atoms. The molecule has 0 amide bonds. The molecule has 0 aromatic carbocycles. The van der Waals surface area contributed by atoms with Crippen molar-refractivity contribution in [2.75, 3.05) is 0 Å². The third-order valence-electron chi connectivity index (χ3n) is 6.22. The molecule has 2 spiro atoms. The molecule has 0 aromatic heterocycles. The van der Waals surface area contributed by atoms with Crippen LogP contribution in [0, 0.1) is 16.7 Å². The van der Waals surface area contributed by atoms with E-state index in [4.69, 9.17) is 0 Å². The molecule has 0 heterocycles. The zero-order chi connectivity index (χ0) is 11.1. The van der Waals surface area contributed by atoms with Crippen molar-refractivity contribution < 1.29 is 0 Å². The zero-order valence-electron chi connectivity index (χ0n) is 10.7. The fraction of sp³-hybridized carbons (Fsp3) is 0.765. The molecule has 0 saturated heterocycles. The Bertz CT molecular complexity index is 444. The van der Waals surface area contributed by atoms with Crippen LogP contribution in [0.15, 0.2) is 22.8 Å². The molecule has 5 aliphatic rings. The van der Waals surface area contributed by atoms with Crippen LogP contribution in [0.5, 0.6) is 0 Å². The van der Waals surface area contributed by atoms with Crippen LogP contribution in [0.4, 0.5) is 0 Å². The van der Waals surface area contributed by atoms with Gasteiger partial charge < -0.3 is 0 Å². The molecule has 0 bridgehead atoms. The Balaban J connectivity index is 1.62. The van der Waals surface area contributed by atoms with Gasteiger partial charge in [-0.05, 0) is 75.5 Å². The summed E-state index contributed by atoms with van der Waals surface area (Å²) < 4.78 is 0. The summed E-state index contributed by atoms with van der Waals surface area (Å²) in [6.07, 6.45) is 17.7. The predicted molar refractivity (Wildman–Crippen MR) is 69.6 cm³/mol. The molecule has 0 nitrogen and oxygen atoms in total. The first-order chi connectivity index (χ1) is 8.33. The van der Waals surface area contributed by atoms with E-state index in [1.54, 1.807) is 0 Å². The van der Waals surface area contributed by atoms with Crippen LogP contribution >= 0.6 is 0 Å². The number of hydrogen-bond acceptors (Lipinski definition) is 0. The van der Waals surface area contributed by atoms with Crippen molar-refractivity contribution in [2.24, 2.45) is 16.7 Å². The summed E-state index contributed by atoms with van der Waals surface area (Å²) in [7, 11) is 0. The summed E-state index contributed by atoms with van der Waals surface area (Å²) in [6, 6.07) is 0. The molecule has 0 aromatic rings. The van der Waals surface area contributed by atoms with E-state index >= 15 is 0 Å². The second-order valence-electron chi connectivity index (χ2n) is 7.31. The van der Waals surface area contributed by atoms with Crippen molar-refractivity contribution in [2.45, 2.75) is 64.2 Å². The van der Waals surface area contributed by atoms with Crippen molar-refractivity contribution in [3.63, 3.8) is 0 Å². The fourth-order valence-electron chi connectivity index (χ4n) is 4.71. The van der Waals surface area contributed by atoms with Crippen molar-refractivity contribution in [3.8, 4) is 0 Å². The molecule has 0 aliphatic heterocycles. The Morgan fingerprint density at radius 1 is 0.882 bits per heavy atom. The lowest BCUT2D eigenvalue weighted by atomic mass is 9.78. The summed E-state index contributed by atoms with van der Waals surface area (Å²) in [5.41, 5.74) is 7.15. The van der Waals surface area contributed by atoms with E-state index in [1.165, 1.54) is 64.2 Å². The maximum atomic E-state index is 2.81. The first-order valence-corrected chi connectivity index (χ1v) is 7.76. The van der Waals surface area contributed by atoms with Gasteiger partial charge >= 0.3 is 0 Å². The Labute approximate surface area is 104 Å².